The molecule has 0 spiro atoms. The highest BCUT2D eigenvalue weighted by atomic mass is 35.5. The number of carbonyl (C=O) groups excluding carboxylic acids is 1. The van der Waals surface area contributed by atoms with E-state index in [0.29, 0.717) is 29.5 Å². The van der Waals surface area contributed by atoms with Crippen LogP contribution < -0.4 is 4.74 Å². The number of amides is 1. The van der Waals surface area contributed by atoms with Crippen molar-refractivity contribution in [3.05, 3.63) is 52.4 Å². The largest absolute Gasteiger partial charge is 0.492 e. The Morgan fingerprint density at radius 2 is 1.95 bits per heavy atom. The average molecular weight is 314 g/mol. The second-order valence-electron chi connectivity index (χ2n) is 4.14. The van der Waals surface area contributed by atoms with Crippen molar-refractivity contribution >= 4 is 29.1 Å². The zero-order valence-corrected chi connectivity index (χ0v) is 12.3. The average Bonchev–Trinajstić information content (AvgIpc) is 2.86. The first-order valence-corrected chi connectivity index (χ1v) is 6.70. The van der Waals surface area contributed by atoms with Crippen molar-refractivity contribution in [2.75, 3.05) is 20.2 Å². The molecule has 6 heteroatoms. The second kappa shape index (κ2) is 6.68. The van der Waals surface area contributed by atoms with Crippen LogP contribution in [0.3, 0.4) is 0 Å². The molecule has 1 aromatic carbocycles. The van der Waals surface area contributed by atoms with Crippen molar-refractivity contribution in [3.8, 4) is 5.75 Å². The van der Waals surface area contributed by atoms with Crippen molar-refractivity contribution < 1.29 is 13.9 Å². The van der Waals surface area contributed by atoms with E-state index in [1.807, 2.05) is 0 Å². The molecule has 0 radical (unpaired) electrons. The van der Waals surface area contributed by atoms with E-state index in [-0.39, 0.29) is 11.1 Å². The molecule has 1 amide bonds. The van der Waals surface area contributed by atoms with E-state index in [2.05, 4.69) is 0 Å². The summed E-state index contributed by atoms with van der Waals surface area (Å²) in [6.45, 7) is 0.808. The third kappa shape index (κ3) is 3.68. The summed E-state index contributed by atoms with van der Waals surface area (Å²) in [4.78, 5) is 13.5. The smallest absolute Gasteiger partial charge is 0.258 e. The van der Waals surface area contributed by atoms with Gasteiger partial charge in [-0.1, -0.05) is 11.6 Å². The lowest BCUT2D eigenvalue weighted by atomic mass is 10.3. The number of hydrogen-bond donors (Lipinski definition) is 0. The number of ether oxygens (including phenoxy) is 1. The monoisotopic (exact) mass is 313 g/mol. The van der Waals surface area contributed by atoms with Crippen LogP contribution in [0.25, 0.3) is 0 Å². The first kappa shape index (κ1) is 14.8. The maximum absolute atomic E-state index is 12.0. The summed E-state index contributed by atoms with van der Waals surface area (Å²) in [5.41, 5.74) is 0.348. The highest BCUT2D eigenvalue weighted by Crippen LogP contribution is 2.18. The van der Waals surface area contributed by atoms with Crippen LogP contribution in [0, 0.1) is 0 Å². The molecule has 0 saturated carbocycles. The Bertz CT molecular complexity index is 580. The Balaban J connectivity index is 1.83. The van der Waals surface area contributed by atoms with Gasteiger partial charge in [0.2, 0.25) is 5.22 Å². The number of halogens is 2. The number of carbonyl (C=O) groups is 1. The Labute approximate surface area is 126 Å². The first-order chi connectivity index (χ1) is 9.58. The molecule has 0 atom stereocenters. The van der Waals surface area contributed by atoms with Crippen LogP contribution >= 0.6 is 23.2 Å². The van der Waals surface area contributed by atoms with Crippen molar-refractivity contribution in [1.29, 1.82) is 0 Å². The lowest BCUT2D eigenvalue weighted by molar-refractivity contribution is 0.0773. The number of likely N-dealkylation sites (N-methyl/N-ethyl adjacent to an activating group) is 1. The van der Waals surface area contributed by atoms with E-state index in [9.17, 15) is 4.79 Å². The van der Waals surface area contributed by atoms with Crippen LogP contribution in [0.1, 0.15) is 10.4 Å². The van der Waals surface area contributed by atoms with Crippen LogP contribution in [-0.2, 0) is 0 Å². The summed E-state index contributed by atoms with van der Waals surface area (Å²) >= 11 is 11.5. The Hall–Kier alpha value is -1.65. The fourth-order valence-corrected chi connectivity index (χ4v) is 1.91. The van der Waals surface area contributed by atoms with E-state index >= 15 is 0 Å². The number of benzene rings is 1. The Morgan fingerprint density at radius 1 is 1.25 bits per heavy atom. The number of hydrogen-bond acceptors (Lipinski definition) is 3. The third-order valence-electron chi connectivity index (χ3n) is 2.70. The van der Waals surface area contributed by atoms with Gasteiger partial charge < -0.3 is 14.1 Å². The van der Waals surface area contributed by atoms with Crippen LogP contribution in [0.4, 0.5) is 0 Å². The standard InChI is InChI=1S/C14H13Cl2NO3/c1-17(14(18)12-6-8-20-13(12)16)7-9-19-11-4-2-10(15)3-5-11/h2-6,8H,7,9H2,1H3. The molecule has 0 bridgehead atoms. The summed E-state index contributed by atoms with van der Waals surface area (Å²) in [6.07, 6.45) is 1.38. The summed E-state index contributed by atoms with van der Waals surface area (Å²) in [6, 6.07) is 8.59. The van der Waals surface area contributed by atoms with Gasteiger partial charge in [-0.05, 0) is 41.9 Å². The summed E-state index contributed by atoms with van der Waals surface area (Å²) < 4.78 is 10.4. The SMILES string of the molecule is CN(CCOc1ccc(Cl)cc1)C(=O)c1ccoc1Cl. The maximum atomic E-state index is 12.0. The topological polar surface area (TPSA) is 42.7 Å². The van der Waals surface area contributed by atoms with Gasteiger partial charge in [0, 0.05) is 12.1 Å². The zero-order chi connectivity index (χ0) is 14.5. The number of furan rings is 1. The third-order valence-corrected chi connectivity index (χ3v) is 3.25. The summed E-state index contributed by atoms with van der Waals surface area (Å²) in [5.74, 6) is 0.500. The van der Waals surface area contributed by atoms with E-state index < -0.39 is 0 Å². The van der Waals surface area contributed by atoms with Gasteiger partial charge in [-0.25, -0.2) is 0 Å². The quantitative estimate of drug-likeness (QED) is 0.844. The normalized spacial score (nSPS) is 10.3. The van der Waals surface area contributed by atoms with Crippen LogP contribution in [0.2, 0.25) is 10.2 Å². The molecule has 1 heterocycles. The van der Waals surface area contributed by atoms with Crippen LogP contribution in [0.15, 0.2) is 41.0 Å². The molecule has 0 fully saturated rings. The van der Waals surface area contributed by atoms with E-state index in [1.165, 1.54) is 11.2 Å². The molecule has 4 nitrogen and oxygen atoms in total. The lowest BCUT2D eigenvalue weighted by Crippen LogP contribution is -2.30. The van der Waals surface area contributed by atoms with E-state index in [4.69, 9.17) is 32.4 Å². The Kier molecular flexibility index (Phi) is 4.93. The van der Waals surface area contributed by atoms with E-state index in [0.717, 1.165) is 0 Å². The van der Waals surface area contributed by atoms with Crippen molar-refractivity contribution in [2.24, 2.45) is 0 Å². The minimum Gasteiger partial charge on any atom is -0.492 e. The van der Waals surface area contributed by atoms with Gasteiger partial charge in [-0.3, -0.25) is 4.79 Å². The van der Waals surface area contributed by atoms with Gasteiger partial charge in [0.1, 0.15) is 12.4 Å². The molecule has 2 aromatic rings. The molecule has 0 unspecified atom stereocenters. The van der Waals surface area contributed by atoms with E-state index in [1.54, 1.807) is 37.4 Å². The molecule has 0 aliphatic carbocycles. The fraction of sp³-hybridized carbons (Fsp3) is 0.214. The lowest BCUT2D eigenvalue weighted by Gasteiger charge is -2.16. The minimum atomic E-state index is -0.205. The molecule has 0 aliphatic heterocycles. The molecule has 0 saturated heterocycles. The number of rotatable bonds is 5. The summed E-state index contributed by atoms with van der Waals surface area (Å²) in [7, 11) is 1.68. The number of nitrogens with zero attached hydrogens (tertiary/aromatic N) is 1. The molecular formula is C14H13Cl2NO3. The van der Waals surface area contributed by atoms with Gasteiger partial charge in [0.05, 0.1) is 18.4 Å². The van der Waals surface area contributed by atoms with Crippen molar-refractivity contribution in [2.45, 2.75) is 0 Å². The van der Waals surface area contributed by atoms with Gasteiger partial charge in [-0.15, -0.1) is 0 Å². The summed E-state index contributed by atoms with van der Waals surface area (Å²) in [5, 5.41) is 0.750. The molecule has 0 N–H and O–H groups in total. The molecule has 106 valence electrons. The highest BCUT2D eigenvalue weighted by Gasteiger charge is 2.17. The minimum absolute atomic E-state index is 0.0977. The first-order valence-electron chi connectivity index (χ1n) is 5.95. The fourth-order valence-electron chi connectivity index (χ4n) is 1.58. The molecule has 2 rings (SSSR count). The molecule has 0 aliphatic rings. The predicted molar refractivity (Wildman–Crippen MR) is 77.6 cm³/mol. The van der Waals surface area contributed by atoms with Crippen LogP contribution in [-0.4, -0.2) is 31.0 Å². The van der Waals surface area contributed by atoms with Gasteiger partial charge in [0.15, 0.2) is 0 Å². The zero-order valence-electron chi connectivity index (χ0n) is 10.8. The molecule has 1 aromatic heterocycles. The Morgan fingerprint density at radius 3 is 2.55 bits per heavy atom. The van der Waals surface area contributed by atoms with Gasteiger partial charge in [0.25, 0.3) is 5.91 Å². The van der Waals surface area contributed by atoms with Crippen molar-refractivity contribution in [1.82, 2.24) is 4.90 Å². The van der Waals surface area contributed by atoms with Crippen molar-refractivity contribution in [3.63, 3.8) is 0 Å². The highest BCUT2D eigenvalue weighted by molar-refractivity contribution is 6.32. The molecule has 20 heavy (non-hydrogen) atoms. The second-order valence-corrected chi connectivity index (χ2v) is 4.92. The molecular weight excluding hydrogens is 301 g/mol. The predicted octanol–water partition coefficient (Wildman–Crippen LogP) is 3.74. The van der Waals surface area contributed by atoms with Gasteiger partial charge >= 0.3 is 0 Å². The maximum Gasteiger partial charge on any atom is 0.258 e. The van der Waals surface area contributed by atoms with Crippen LogP contribution in [0.5, 0.6) is 5.75 Å². The van der Waals surface area contributed by atoms with Gasteiger partial charge in [-0.2, -0.15) is 0 Å².